The van der Waals surface area contributed by atoms with E-state index in [1.807, 2.05) is 6.92 Å². The largest absolute Gasteiger partial charge is 0.494 e. The van der Waals surface area contributed by atoms with Crippen LogP contribution >= 0.6 is 0 Å². The van der Waals surface area contributed by atoms with Gasteiger partial charge in [0.1, 0.15) is 0 Å². The van der Waals surface area contributed by atoms with Crippen molar-refractivity contribution in [3.8, 4) is 5.75 Å². The van der Waals surface area contributed by atoms with Crippen molar-refractivity contribution in [2.45, 2.75) is 25.3 Å². The van der Waals surface area contributed by atoms with Gasteiger partial charge in [-0.15, -0.1) is 0 Å². The number of carbonyl (C=O) groups is 1. The predicted octanol–water partition coefficient (Wildman–Crippen LogP) is 3.21. The van der Waals surface area contributed by atoms with Crippen molar-refractivity contribution in [2.24, 2.45) is 0 Å². The van der Waals surface area contributed by atoms with Crippen molar-refractivity contribution in [1.29, 1.82) is 0 Å². The molecular formula is C19H22FNO4S. The van der Waals surface area contributed by atoms with Crippen LogP contribution in [0.15, 0.2) is 41.3 Å². The van der Waals surface area contributed by atoms with Crippen LogP contribution in [0.1, 0.15) is 28.4 Å². The minimum absolute atomic E-state index is 0.0954. The maximum atomic E-state index is 13.9. The number of ether oxygens (including phenoxy) is 1. The minimum Gasteiger partial charge on any atom is -0.494 e. The summed E-state index contributed by atoms with van der Waals surface area (Å²) in [4.78, 5) is 14.5. The highest BCUT2D eigenvalue weighted by Crippen LogP contribution is 2.21. The normalized spacial score (nSPS) is 11.3. The first-order valence-corrected chi connectivity index (χ1v) is 9.99. The van der Waals surface area contributed by atoms with E-state index in [0.29, 0.717) is 23.2 Å². The third-order valence-electron chi connectivity index (χ3n) is 4.13. The standard InChI is InChI=1S/C19H22FNO4S/c1-5-21(12-14-7-9-18(25-3)17(20)10-14)19(22)16-11-15(26(4,23)24)8-6-13(16)2/h6-11H,5,12H2,1-4H3. The second kappa shape index (κ2) is 7.86. The fraction of sp³-hybridized carbons (Fsp3) is 0.316. The van der Waals surface area contributed by atoms with E-state index in [1.54, 1.807) is 19.1 Å². The maximum Gasteiger partial charge on any atom is 0.254 e. The van der Waals surface area contributed by atoms with Gasteiger partial charge >= 0.3 is 0 Å². The highest BCUT2D eigenvalue weighted by Gasteiger charge is 2.19. The molecule has 0 spiro atoms. The smallest absolute Gasteiger partial charge is 0.254 e. The Morgan fingerprint density at radius 1 is 1.19 bits per heavy atom. The molecule has 26 heavy (non-hydrogen) atoms. The van der Waals surface area contributed by atoms with Gasteiger partial charge in [0.15, 0.2) is 21.4 Å². The van der Waals surface area contributed by atoms with Crippen molar-refractivity contribution >= 4 is 15.7 Å². The summed E-state index contributed by atoms with van der Waals surface area (Å²) in [6.45, 7) is 4.17. The van der Waals surface area contributed by atoms with E-state index in [4.69, 9.17) is 4.74 Å². The first kappa shape index (κ1) is 19.9. The molecule has 7 heteroatoms. The van der Waals surface area contributed by atoms with Gasteiger partial charge in [-0.2, -0.15) is 0 Å². The van der Waals surface area contributed by atoms with Gasteiger partial charge in [-0.3, -0.25) is 4.79 Å². The van der Waals surface area contributed by atoms with Gasteiger partial charge in [-0.25, -0.2) is 12.8 Å². The summed E-state index contributed by atoms with van der Waals surface area (Å²) in [6, 6.07) is 9.02. The predicted molar refractivity (Wildman–Crippen MR) is 97.7 cm³/mol. The number of halogens is 1. The van der Waals surface area contributed by atoms with Crippen molar-refractivity contribution in [2.75, 3.05) is 19.9 Å². The number of hydrogen-bond donors (Lipinski definition) is 0. The third-order valence-corrected chi connectivity index (χ3v) is 5.24. The zero-order valence-electron chi connectivity index (χ0n) is 15.2. The van der Waals surface area contributed by atoms with Gasteiger partial charge in [-0.05, 0) is 49.2 Å². The quantitative estimate of drug-likeness (QED) is 0.773. The Labute approximate surface area is 153 Å². The topological polar surface area (TPSA) is 63.7 Å². The molecule has 1 amide bonds. The van der Waals surface area contributed by atoms with Crippen LogP contribution < -0.4 is 4.74 Å². The fourth-order valence-electron chi connectivity index (χ4n) is 2.59. The lowest BCUT2D eigenvalue weighted by atomic mass is 10.1. The van der Waals surface area contributed by atoms with Crippen LogP contribution in [0, 0.1) is 12.7 Å². The molecule has 0 aliphatic rings. The monoisotopic (exact) mass is 379 g/mol. The number of aryl methyl sites for hydroxylation is 1. The molecule has 0 unspecified atom stereocenters. The molecule has 0 saturated heterocycles. The second-order valence-electron chi connectivity index (χ2n) is 6.04. The Bertz CT molecular complexity index is 925. The first-order chi connectivity index (χ1) is 12.2. The van der Waals surface area contributed by atoms with E-state index >= 15 is 0 Å². The molecule has 0 bridgehead atoms. The van der Waals surface area contributed by atoms with Crippen LogP contribution in [0.4, 0.5) is 4.39 Å². The van der Waals surface area contributed by atoms with Gasteiger partial charge in [0, 0.05) is 24.9 Å². The van der Waals surface area contributed by atoms with Crippen molar-refractivity contribution < 1.29 is 22.3 Å². The average molecular weight is 379 g/mol. The summed E-state index contributed by atoms with van der Waals surface area (Å²) in [7, 11) is -2.03. The van der Waals surface area contributed by atoms with Crippen LogP contribution in [0.5, 0.6) is 5.75 Å². The van der Waals surface area contributed by atoms with Gasteiger partial charge in [0.25, 0.3) is 5.91 Å². The molecule has 140 valence electrons. The van der Waals surface area contributed by atoms with Crippen molar-refractivity contribution in [3.63, 3.8) is 0 Å². The molecule has 0 atom stereocenters. The summed E-state index contributed by atoms with van der Waals surface area (Å²) in [5, 5.41) is 0. The van der Waals surface area contributed by atoms with E-state index < -0.39 is 15.7 Å². The van der Waals surface area contributed by atoms with E-state index in [2.05, 4.69) is 0 Å². The van der Waals surface area contributed by atoms with Crippen LogP contribution in [0.25, 0.3) is 0 Å². The average Bonchev–Trinajstić information content (AvgIpc) is 2.58. The summed E-state index contributed by atoms with van der Waals surface area (Å²) in [6.07, 6.45) is 1.10. The molecule has 2 aromatic rings. The Morgan fingerprint density at radius 2 is 1.88 bits per heavy atom. The molecule has 0 aliphatic heterocycles. The number of benzene rings is 2. The summed E-state index contributed by atoms with van der Waals surface area (Å²) < 4.78 is 42.3. The fourth-order valence-corrected chi connectivity index (χ4v) is 3.24. The molecule has 0 fully saturated rings. The molecule has 0 radical (unpaired) electrons. The van der Waals surface area contributed by atoms with E-state index in [9.17, 15) is 17.6 Å². The molecule has 5 nitrogen and oxygen atoms in total. The summed E-state index contributed by atoms with van der Waals surface area (Å²) in [5.41, 5.74) is 1.63. The minimum atomic E-state index is -3.41. The summed E-state index contributed by atoms with van der Waals surface area (Å²) >= 11 is 0. The molecule has 0 aliphatic carbocycles. The highest BCUT2D eigenvalue weighted by molar-refractivity contribution is 7.90. The highest BCUT2D eigenvalue weighted by atomic mass is 32.2. The Balaban J connectivity index is 2.33. The lowest BCUT2D eigenvalue weighted by molar-refractivity contribution is 0.0751. The number of methoxy groups -OCH3 is 1. The molecular weight excluding hydrogens is 357 g/mol. The van der Waals surface area contributed by atoms with Gasteiger partial charge in [0.2, 0.25) is 0 Å². The first-order valence-electron chi connectivity index (χ1n) is 8.09. The van der Waals surface area contributed by atoms with Crippen LogP contribution in [-0.2, 0) is 16.4 Å². The number of nitrogens with zero attached hydrogens (tertiary/aromatic N) is 1. The second-order valence-corrected chi connectivity index (χ2v) is 8.05. The van der Waals surface area contributed by atoms with Gasteiger partial charge in [0.05, 0.1) is 12.0 Å². The lowest BCUT2D eigenvalue weighted by Gasteiger charge is -2.22. The van der Waals surface area contributed by atoms with Crippen LogP contribution in [-0.4, -0.2) is 39.1 Å². The Hall–Kier alpha value is -2.41. The van der Waals surface area contributed by atoms with Gasteiger partial charge in [-0.1, -0.05) is 12.1 Å². The molecule has 0 N–H and O–H groups in total. The maximum absolute atomic E-state index is 13.9. The van der Waals surface area contributed by atoms with E-state index in [1.165, 1.54) is 36.3 Å². The molecule has 0 heterocycles. The molecule has 0 aromatic heterocycles. The number of amides is 1. The van der Waals surface area contributed by atoms with Crippen molar-refractivity contribution in [1.82, 2.24) is 4.90 Å². The van der Waals surface area contributed by atoms with Crippen LogP contribution in [0.2, 0.25) is 0 Å². The molecule has 0 saturated carbocycles. The van der Waals surface area contributed by atoms with Gasteiger partial charge < -0.3 is 9.64 Å². The molecule has 2 aromatic carbocycles. The van der Waals surface area contributed by atoms with Crippen molar-refractivity contribution in [3.05, 3.63) is 58.9 Å². The van der Waals surface area contributed by atoms with E-state index in [0.717, 1.165) is 6.26 Å². The summed E-state index contributed by atoms with van der Waals surface area (Å²) in [5.74, 6) is -0.657. The van der Waals surface area contributed by atoms with Crippen LogP contribution in [0.3, 0.4) is 0 Å². The third kappa shape index (κ3) is 4.40. The molecule has 2 rings (SSSR count). The number of hydrogen-bond acceptors (Lipinski definition) is 4. The van der Waals surface area contributed by atoms with E-state index in [-0.39, 0.29) is 23.1 Å². The Kier molecular flexibility index (Phi) is 6.02. The zero-order valence-corrected chi connectivity index (χ0v) is 16.1. The number of rotatable bonds is 6. The zero-order chi connectivity index (χ0) is 19.5. The number of sulfone groups is 1. The SMILES string of the molecule is CCN(Cc1ccc(OC)c(F)c1)C(=O)c1cc(S(C)(=O)=O)ccc1C. The Morgan fingerprint density at radius 3 is 2.42 bits per heavy atom. The number of carbonyl (C=O) groups excluding carboxylic acids is 1. The lowest BCUT2D eigenvalue weighted by Crippen LogP contribution is -2.31.